The fraction of sp³-hybridized carbons (Fsp3) is 0.353. The lowest BCUT2D eigenvalue weighted by molar-refractivity contribution is 0.0780. The first-order valence-electron chi connectivity index (χ1n) is 7.16. The van der Waals surface area contributed by atoms with Crippen molar-refractivity contribution in [2.24, 2.45) is 0 Å². The molecule has 0 aliphatic rings. The molecule has 6 heteroatoms. The molecule has 2 aromatic rings. The Kier molecular flexibility index (Phi) is 4.41. The summed E-state index contributed by atoms with van der Waals surface area (Å²) in [4.78, 5) is 4.11. The highest BCUT2D eigenvalue weighted by molar-refractivity contribution is 5.63. The maximum absolute atomic E-state index is 14.1. The quantitative estimate of drug-likeness (QED) is 0.805. The largest absolute Gasteiger partial charge is 0.386 e. The van der Waals surface area contributed by atoms with E-state index in [1.807, 2.05) is 0 Å². The zero-order valence-corrected chi connectivity index (χ0v) is 13.5. The van der Waals surface area contributed by atoms with Crippen molar-refractivity contribution in [3.8, 4) is 0 Å². The standard InChI is InChI=1S/C17H20F2N2O2/c1-16(2,22)10-5-6-14(20-9-10)21-15-12(17(3,4)23)7-11(18)8-13(15)19/h5-9,22-23H,1-4H3,(H,20,21). The zero-order valence-electron chi connectivity index (χ0n) is 13.5. The van der Waals surface area contributed by atoms with Crippen LogP contribution in [0.1, 0.15) is 38.8 Å². The minimum absolute atomic E-state index is 0.0394. The molecule has 0 atom stereocenters. The average molecular weight is 322 g/mol. The summed E-state index contributed by atoms with van der Waals surface area (Å²) >= 11 is 0. The highest BCUT2D eigenvalue weighted by Crippen LogP contribution is 2.33. The highest BCUT2D eigenvalue weighted by Gasteiger charge is 2.24. The van der Waals surface area contributed by atoms with E-state index < -0.39 is 22.8 Å². The fourth-order valence-electron chi connectivity index (χ4n) is 2.14. The van der Waals surface area contributed by atoms with E-state index in [1.54, 1.807) is 26.0 Å². The number of anilines is 2. The molecule has 0 saturated carbocycles. The normalized spacial score (nSPS) is 12.3. The Balaban J connectivity index is 2.41. The van der Waals surface area contributed by atoms with Crippen LogP contribution in [0.5, 0.6) is 0 Å². The number of benzene rings is 1. The molecule has 0 aliphatic heterocycles. The van der Waals surface area contributed by atoms with Gasteiger partial charge in [0.05, 0.1) is 16.9 Å². The van der Waals surface area contributed by atoms with Crippen LogP contribution in [0, 0.1) is 11.6 Å². The molecule has 4 nitrogen and oxygen atoms in total. The van der Waals surface area contributed by atoms with Gasteiger partial charge in [0.15, 0.2) is 0 Å². The third kappa shape index (κ3) is 4.03. The van der Waals surface area contributed by atoms with Gasteiger partial charge in [-0.25, -0.2) is 13.8 Å². The molecule has 1 aromatic heterocycles. The molecule has 0 radical (unpaired) electrons. The van der Waals surface area contributed by atoms with E-state index in [9.17, 15) is 19.0 Å². The molecule has 0 spiro atoms. The lowest BCUT2D eigenvalue weighted by Crippen LogP contribution is -2.19. The van der Waals surface area contributed by atoms with Crippen molar-refractivity contribution in [3.05, 3.63) is 53.2 Å². The molecular formula is C17H20F2N2O2. The Morgan fingerprint density at radius 1 is 1.00 bits per heavy atom. The van der Waals surface area contributed by atoms with E-state index in [0.717, 1.165) is 12.1 Å². The van der Waals surface area contributed by atoms with Gasteiger partial charge in [0.1, 0.15) is 17.5 Å². The number of nitrogens with one attached hydrogen (secondary N) is 1. The van der Waals surface area contributed by atoms with Crippen molar-refractivity contribution in [2.45, 2.75) is 38.9 Å². The number of aromatic nitrogens is 1. The molecule has 1 heterocycles. The molecule has 0 saturated heterocycles. The second-order valence-corrected chi connectivity index (χ2v) is 6.49. The van der Waals surface area contributed by atoms with E-state index in [4.69, 9.17) is 0 Å². The van der Waals surface area contributed by atoms with E-state index in [2.05, 4.69) is 10.3 Å². The minimum atomic E-state index is -1.43. The van der Waals surface area contributed by atoms with E-state index in [1.165, 1.54) is 20.0 Å². The molecule has 3 N–H and O–H groups in total. The Bertz CT molecular complexity index is 702. The molecule has 0 bridgehead atoms. The van der Waals surface area contributed by atoms with Crippen LogP contribution in [0.25, 0.3) is 0 Å². The monoisotopic (exact) mass is 322 g/mol. The van der Waals surface area contributed by atoms with Gasteiger partial charge in [-0.3, -0.25) is 0 Å². The van der Waals surface area contributed by atoms with Crippen LogP contribution < -0.4 is 5.32 Å². The Morgan fingerprint density at radius 3 is 2.13 bits per heavy atom. The van der Waals surface area contributed by atoms with Gasteiger partial charge in [0.25, 0.3) is 0 Å². The molecule has 23 heavy (non-hydrogen) atoms. The lowest BCUT2D eigenvalue weighted by Gasteiger charge is -2.23. The molecule has 2 rings (SSSR count). The van der Waals surface area contributed by atoms with E-state index >= 15 is 0 Å². The van der Waals surface area contributed by atoms with Crippen LogP contribution in [-0.2, 0) is 11.2 Å². The molecule has 0 fully saturated rings. The first kappa shape index (κ1) is 17.3. The Labute approximate surface area is 133 Å². The molecular weight excluding hydrogens is 302 g/mol. The van der Waals surface area contributed by atoms with Crippen LogP contribution in [0.2, 0.25) is 0 Å². The number of hydrogen-bond acceptors (Lipinski definition) is 4. The first-order chi connectivity index (χ1) is 10.5. The second-order valence-electron chi connectivity index (χ2n) is 6.49. The van der Waals surface area contributed by atoms with Crippen molar-refractivity contribution in [1.29, 1.82) is 0 Å². The number of halogens is 2. The Morgan fingerprint density at radius 2 is 1.65 bits per heavy atom. The average Bonchev–Trinajstić information content (AvgIpc) is 2.40. The number of hydrogen-bond donors (Lipinski definition) is 3. The van der Waals surface area contributed by atoms with Gasteiger partial charge < -0.3 is 15.5 Å². The minimum Gasteiger partial charge on any atom is -0.386 e. The van der Waals surface area contributed by atoms with Crippen LogP contribution in [-0.4, -0.2) is 15.2 Å². The predicted molar refractivity (Wildman–Crippen MR) is 84.4 cm³/mol. The van der Waals surface area contributed by atoms with Gasteiger partial charge in [-0.15, -0.1) is 0 Å². The number of nitrogens with zero attached hydrogens (tertiary/aromatic N) is 1. The van der Waals surface area contributed by atoms with Crippen molar-refractivity contribution in [3.63, 3.8) is 0 Å². The topological polar surface area (TPSA) is 65.4 Å². The number of aliphatic hydroxyl groups is 2. The van der Waals surface area contributed by atoms with E-state index in [0.29, 0.717) is 11.4 Å². The number of rotatable bonds is 4. The van der Waals surface area contributed by atoms with Crippen molar-refractivity contribution in [1.82, 2.24) is 4.98 Å². The third-order valence-electron chi connectivity index (χ3n) is 3.44. The maximum atomic E-state index is 14.1. The van der Waals surface area contributed by atoms with Crippen LogP contribution in [0.4, 0.5) is 20.3 Å². The predicted octanol–water partition coefficient (Wildman–Crippen LogP) is 3.56. The summed E-state index contributed by atoms with van der Waals surface area (Å²) in [6, 6.07) is 5.05. The molecule has 1 aromatic carbocycles. The van der Waals surface area contributed by atoms with Crippen molar-refractivity contribution >= 4 is 11.5 Å². The molecule has 124 valence electrons. The Hall–Kier alpha value is -2.05. The summed E-state index contributed by atoms with van der Waals surface area (Å²) in [7, 11) is 0. The van der Waals surface area contributed by atoms with Crippen LogP contribution in [0.3, 0.4) is 0 Å². The summed E-state index contributed by atoms with van der Waals surface area (Å²) in [5.41, 5.74) is -1.82. The number of pyridine rings is 1. The second kappa shape index (κ2) is 5.86. The lowest BCUT2D eigenvalue weighted by atomic mass is 9.96. The van der Waals surface area contributed by atoms with Crippen molar-refractivity contribution in [2.75, 3.05) is 5.32 Å². The highest BCUT2D eigenvalue weighted by atomic mass is 19.1. The smallest absolute Gasteiger partial charge is 0.149 e. The summed E-state index contributed by atoms with van der Waals surface area (Å²) in [6.07, 6.45) is 1.47. The van der Waals surface area contributed by atoms with Crippen molar-refractivity contribution < 1.29 is 19.0 Å². The summed E-state index contributed by atoms with van der Waals surface area (Å²) in [6.45, 7) is 6.14. The van der Waals surface area contributed by atoms with Gasteiger partial charge in [-0.05, 0) is 39.8 Å². The summed E-state index contributed by atoms with van der Waals surface area (Å²) in [5.74, 6) is -1.28. The molecule has 0 aliphatic carbocycles. The summed E-state index contributed by atoms with van der Waals surface area (Å²) < 4.78 is 27.6. The third-order valence-corrected chi connectivity index (χ3v) is 3.44. The fourth-order valence-corrected chi connectivity index (χ4v) is 2.14. The van der Waals surface area contributed by atoms with Crippen LogP contribution in [0.15, 0.2) is 30.5 Å². The SMILES string of the molecule is CC(C)(O)c1ccc(Nc2c(F)cc(F)cc2C(C)(C)O)nc1. The van der Waals surface area contributed by atoms with E-state index in [-0.39, 0.29) is 11.3 Å². The molecule has 0 unspecified atom stereocenters. The van der Waals surface area contributed by atoms with Gasteiger partial charge in [-0.1, -0.05) is 6.07 Å². The van der Waals surface area contributed by atoms with Gasteiger partial charge in [-0.2, -0.15) is 0 Å². The van der Waals surface area contributed by atoms with Crippen LogP contribution >= 0.6 is 0 Å². The molecule has 0 amide bonds. The van der Waals surface area contributed by atoms with Gasteiger partial charge >= 0.3 is 0 Å². The summed E-state index contributed by atoms with van der Waals surface area (Å²) in [5, 5.41) is 22.8. The van der Waals surface area contributed by atoms with Gasteiger partial charge in [0.2, 0.25) is 0 Å². The zero-order chi connectivity index (χ0) is 17.4. The maximum Gasteiger partial charge on any atom is 0.149 e. The first-order valence-corrected chi connectivity index (χ1v) is 7.16. The van der Waals surface area contributed by atoms with Gasteiger partial charge in [0, 0.05) is 23.4 Å².